The Morgan fingerprint density at radius 3 is 2.65 bits per heavy atom. The summed E-state index contributed by atoms with van der Waals surface area (Å²) in [6.45, 7) is 4.25. The van der Waals surface area contributed by atoms with E-state index in [0.717, 1.165) is 23.0 Å². The topological polar surface area (TPSA) is 29.9 Å². The first kappa shape index (κ1) is 15.3. The molecule has 20 heavy (non-hydrogen) atoms. The molecule has 1 atom stereocenters. The Morgan fingerprint density at radius 2 is 2.10 bits per heavy atom. The van der Waals surface area contributed by atoms with E-state index in [1.165, 1.54) is 16.8 Å². The van der Waals surface area contributed by atoms with E-state index >= 15 is 0 Å². The normalized spacial score (nSPS) is 12.7. The van der Waals surface area contributed by atoms with Crippen LogP contribution in [0.5, 0.6) is 0 Å². The summed E-state index contributed by atoms with van der Waals surface area (Å²) >= 11 is 3.68. The summed E-state index contributed by atoms with van der Waals surface area (Å²) in [5.41, 5.74) is 4.97. The van der Waals surface area contributed by atoms with Crippen molar-refractivity contribution in [3.63, 3.8) is 0 Å². The number of hydrogen-bond acceptors (Lipinski definition) is 2. The van der Waals surface area contributed by atoms with Gasteiger partial charge in [-0.25, -0.2) is 0 Å². The van der Waals surface area contributed by atoms with Crippen LogP contribution in [0.25, 0.3) is 0 Å². The second-order valence-corrected chi connectivity index (χ2v) is 6.03. The molecule has 4 heteroatoms. The first-order valence-electron chi connectivity index (χ1n) is 7.00. The highest BCUT2D eigenvalue weighted by atomic mass is 79.9. The molecule has 1 unspecified atom stereocenters. The maximum absolute atomic E-state index is 4.52. The van der Waals surface area contributed by atoms with Gasteiger partial charge >= 0.3 is 0 Å². The molecule has 1 N–H and O–H groups in total. The average molecular weight is 336 g/mol. The van der Waals surface area contributed by atoms with Crippen LogP contribution in [0.2, 0.25) is 0 Å². The largest absolute Gasteiger partial charge is 0.313 e. The van der Waals surface area contributed by atoms with Crippen molar-refractivity contribution in [2.75, 3.05) is 7.05 Å². The van der Waals surface area contributed by atoms with Crippen molar-refractivity contribution in [1.29, 1.82) is 0 Å². The summed E-state index contributed by atoms with van der Waals surface area (Å²) in [7, 11) is 4.03. The van der Waals surface area contributed by atoms with Crippen LogP contribution >= 0.6 is 15.9 Å². The molecule has 0 aliphatic carbocycles. The summed E-state index contributed by atoms with van der Waals surface area (Å²) in [4.78, 5) is 0. The predicted molar refractivity (Wildman–Crippen MR) is 87.0 cm³/mol. The molecule has 0 spiro atoms. The molecule has 0 saturated carbocycles. The van der Waals surface area contributed by atoms with Crippen LogP contribution in [0.15, 0.2) is 28.7 Å². The van der Waals surface area contributed by atoms with Gasteiger partial charge in [-0.15, -0.1) is 0 Å². The third-order valence-corrected chi connectivity index (χ3v) is 4.37. The minimum atomic E-state index is 0.282. The molecular formula is C16H22BrN3. The highest BCUT2D eigenvalue weighted by Crippen LogP contribution is 2.27. The third kappa shape index (κ3) is 3.30. The van der Waals surface area contributed by atoms with E-state index in [1.807, 2.05) is 18.8 Å². The number of aryl methyl sites for hydroxylation is 3. The summed E-state index contributed by atoms with van der Waals surface area (Å²) in [6.07, 6.45) is 1.91. The highest BCUT2D eigenvalue weighted by Gasteiger charge is 2.16. The molecule has 0 amide bonds. The van der Waals surface area contributed by atoms with E-state index < -0.39 is 0 Å². The van der Waals surface area contributed by atoms with Gasteiger partial charge in [0.1, 0.15) is 0 Å². The van der Waals surface area contributed by atoms with E-state index in [1.54, 1.807) is 0 Å². The van der Waals surface area contributed by atoms with E-state index in [2.05, 4.69) is 64.5 Å². The van der Waals surface area contributed by atoms with Crippen LogP contribution in [-0.2, 0) is 19.9 Å². The molecule has 0 radical (unpaired) electrons. The number of nitrogens with one attached hydrogen (secondary N) is 1. The van der Waals surface area contributed by atoms with Gasteiger partial charge in [-0.05, 0) is 43.7 Å². The number of likely N-dealkylation sites (N-methyl/N-ethyl adjacent to an activating group) is 1. The number of halogens is 1. The smallest absolute Gasteiger partial charge is 0.0624 e. The van der Waals surface area contributed by atoms with Gasteiger partial charge in [0.2, 0.25) is 0 Å². The number of benzene rings is 1. The van der Waals surface area contributed by atoms with Crippen molar-refractivity contribution >= 4 is 15.9 Å². The highest BCUT2D eigenvalue weighted by molar-refractivity contribution is 9.10. The van der Waals surface area contributed by atoms with Crippen LogP contribution < -0.4 is 5.32 Å². The Balaban J connectivity index is 2.26. The first-order chi connectivity index (χ1) is 9.55. The van der Waals surface area contributed by atoms with Crippen molar-refractivity contribution in [3.05, 3.63) is 51.3 Å². The van der Waals surface area contributed by atoms with Crippen molar-refractivity contribution < 1.29 is 0 Å². The SMILES string of the molecule is CCc1cc(CC(NC)c2ccc(C)cc2Br)n(C)n1. The zero-order chi connectivity index (χ0) is 14.7. The van der Waals surface area contributed by atoms with E-state index in [-0.39, 0.29) is 6.04 Å². The monoisotopic (exact) mass is 335 g/mol. The van der Waals surface area contributed by atoms with Gasteiger partial charge in [0, 0.05) is 29.7 Å². The Kier molecular flexibility index (Phi) is 5.00. The lowest BCUT2D eigenvalue weighted by atomic mass is 10.0. The molecule has 1 aromatic carbocycles. The minimum absolute atomic E-state index is 0.282. The summed E-state index contributed by atoms with van der Waals surface area (Å²) in [6, 6.07) is 9.00. The van der Waals surface area contributed by atoms with Gasteiger partial charge in [0.05, 0.1) is 5.69 Å². The molecule has 0 aliphatic heterocycles. The molecule has 0 bridgehead atoms. The minimum Gasteiger partial charge on any atom is -0.313 e. The van der Waals surface area contributed by atoms with E-state index in [9.17, 15) is 0 Å². The fourth-order valence-corrected chi connectivity index (χ4v) is 3.20. The standard InChI is InChI=1S/C16H22BrN3/c1-5-12-9-13(20(4)19-12)10-16(18-3)14-7-6-11(2)8-15(14)17/h6-9,16,18H,5,10H2,1-4H3. The lowest BCUT2D eigenvalue weighted by Crippen LogP contribution is -2.20. The van der Waals surface area contributed by atoms with Crippen LogP contribution in [0.3, 0.4) is 0 Å². The van der Waals surface area contributed by atoms with Crippen LogP contribution in [0.4, 0.5) is 0 Å². The second kappa shape index (κ2) is 6.55. The van der Waals surface area contributed by atoms with Gasteiger partial charge < -0.3 is 5.32 Å². The summed E-state index contributed by atoms with van der Waals surface area (Å²) < 4.78 is 3.15. The van der Waals surface area contributed by atoms with Gasteiger partial charge in [0.25, 0.3) is 0 Å². The number of hydrogen-bond donors (Lipinski definition) is 1. The molecule has 1 aromatic heterocycles. The van der Waals surface area contributed by atoms with Crippen LogP contribution in [0.1, 0.15) is 35.5 Å². The maximum Gasteiger partial charge on any atom is 0.0624 e. The fraction of sp³-hybridized carbons (Fsp3) is 0.438. The molecule has 2 rings (SSSR count). The van der Waals surface area contributed by atoms with Crippen LogP contribution in [0, 0.1) is 6.92 Å². The van der Waals surface area contributed by atoms with Crippen molar-refractivity contribution in [1.82, 2.24) is 15.1 Å². The van der Waals surface area contributed by atoms with Gasteiger partial charge in [-0.3, -0.25) is 4.68 Å². The van der Waals surface area contributed by atoms with Crippen molar-refractivity contribution in [3.8, 4) is 0 Å². The molecular weight excluding hydrogens is 314 g/mol. The Bertz CT molecular complexity index is 589. The quantitative estimate of drug-likeness (QED) is 0.905. The average Bonchev–Trinajstić information content (AvgIpc) is 2.77. The number of aromatic nitrogens is 2. The predicted octanol–water partition coefficient (Wildman–Crippen LogP) is 3.56. The summed E-state index contributed by atoms with van der Waals surface area (Å²) in [5.74, 6) is 0. The van der Waals surface area contributed by atoms with Crippen LogP contribution in [-0.4, -0.2) is 16.8 Å². The van der Waals surface area contributed by atoms with E-state index in [4.69, 9.17) is 0 Å². The first-order valence-corrected chi connectivity index (χ1v) is 7.79. The number of nitrogens with zero attached hydrogens (tertiary/aromatic N) is 2. The van der Waals surface area contributed by atoms with Crippen molar-refractivity contribution in [2.24, 2.45) is 7.05 Å². The fourth-order valence-electron chi connectivity index (χ4n) is 2.43. The number of rotatable bonds is 5. The molecule has 2 aromatic rings. The molecule has 0 fully saturated rings. The molecule has 0 saturated heterocycles. The van der Waals surface area contributed by atoms with E-state index in [0.29, 0.717) is 0 Å². The van der Waals surface area contributed by atoms with Gasteiger partial charge in [0.15, 0.2) is 0 Å². The van der Waals surface area contributed by atoms with Gasteiger partial charge in [-0.1, -0.05) is 35.0 Å². The Labute approximate surface area is 129 Å². The molecule has 1 heterocycles. The molecule has 108 valence electrons. The second-order valence-electron chi connectivity index (χ2n) is 5.17. The summed E-state index contributed by atoms with van der Waals surface area (Å²) in [5, 5.41) is 7.93. The zero-order valence-electron chi connectivity index (χ0n) is 12.6. The van der Waals surface area contributed by atoms with Crippen molar-refractivity contribution in [2.45, 2.75) is 32.7 Å². The lowest BCUT2D eigenvalue weighted by molar-refractivity contribution is 0.559. The third-order valence-electron chi connectivity index (χ3n) is 3.68. The maximum atomic E-state index is 4.52. The Morgan fingerprint density at radius 1 is 1.35 bits per heavy atom. The molecule has 0 aliphatic rings. The Hall–Kier alpha value is -1.13. The van der Waals surface area contributed by atoms with Gasteiger partial charge in [-0.2, -0.15) is 5.10 Å². The zero-order valence-corrected chi connectivity index (χ0v) is 14.2. The lowest BCUT2D eigenvalue weighted by Gasteiger charge is -2.18. The molecule has 3 nitrogen and oxygen atoms in total.